The normalized spacial score (nSPS) is 11.5. The molecule has 0 aliphatic rings. The van der Waals surface area contributed by atoms with Gasteiger partial charge < -0.3 is 0 Å². The number of allylic oxidation sites excluding steroid dienone is 3. The lowest BCUT2D eigenvalue weighted by Gasteiger charge is -1.89. The Morgan fingerprint density at radius 2 is 2.25 bits per heavy atom. The summed E-state index contributed by atoms with van der Waals surface area (Å²) in [4.78, 5) is 0. The molecule has 0 aromatic heterocycles. The minimum absolute atomic E-state index is 1.01. The van der Waals surface area contributed by atoms with E-state index in [1.807, 2.05) is 6.08 Å². The van der Waals surface area contributed by atoms with Crippen LogP contribution in [0.2, 0.25) is 0 Å². The highest BCUT2D eigenvalue weighted by molar-refractivity contribution is 4.99. The predicted octanol–water partition coefficient (Wildman–Crippen LogP) is 2.92. The number of hydrogen-bond donors (Lipinski definition) is 0. The van der Waals surface area contributed by atoms with Crippen LogP contribution in [0, 0.1) is 0 Å². The van der Waals surface area contributed by atoms with E-state index in [4.69, 9.17) is 0 Å². The fourth-order valence-corrected chi connectivity index (χ4v) is 0.429. The third-order valence-electron chi connectivity index (χ3n) is 1.19. The van der Waals surface area contributed by atoms with Crippen LogP contribution in [0.25, 0.3) is 0 Å². The van der Waals surface area contributed by atoms with Crippen LogP contribution >= 0.6 is 0 Å². The molecule has 0 saturated heterocycles. The molecule has 0 aromatic carbocycles. The molecule has 8 heavy (non-hydrogen) atoms. The maximum Gasteiger partial charge on any atom is -0.0169 e. The molecule has 0 nitrogen and oxygen atoms in total. The van der Waals surface area contributed by atoms with Gasteiger partial charge in [0.1, 0.15) is 0 Å². The minimum atomic E-state index is 1.01. The van der Waals surface area contributed by atoms with Gasteiger partial charge in [-0.15, -0.1) is 6.58 Å². The van der Waals surface area contributed by atoms with E-state index in [9.17, 15) is 0 Å². The molecule has 0 aliphatic carbocycles. The third-order valence-corrected chi connectivity index (χ3v) is 1.19. The van der Waals surface area contributed by atoms with Crippen LogP contribution in [0.3, 0.4) is 0 Å². The van der Waals surface area contributed by atoms with Crippen molar-refractivity contribution in [1.82, 2.24) is 0 Å². The number of hydrogen-bond acceptors (Lipinski definition) is 0. The fraction of sp³-hybridized carbons (Fsp3) is 0.500. The van der Waals surface area contributed by atoms with Crippen molar-refractivity contribution in [2.24, 2.45) is 0 Å². The van der Waals surface area contributed by atoms with Crippen LogP contribution in [0.5, 0.6) is 0 Å². The van der Waals surface area contributed by atoms with E-state index in [0.29, 0.717) is 0 Å². The van der Waals surface area contributed by atoms with Crippen molar-refractivity contribution >= 4 is 0 Å². The molecular weight excluding hydrogens is 96.1 g/mol. The average molecular weight is 110 g/mol. The van der Waals surface area contributed by atoms with Gasteiger partial charge in [-0.25, -0.2) is 0 Å². The Morgan fingerprint density at radius 1 is 1.62 bits per heavy atom. The van der Waals surface area contributed by atoms with Gasteiger partial charge in [0.25, 0.3) is 0 Å². The molecule has 0 atom stereocenters. The van der Waals surface area contributed by atoms with E-state index in [2.05, 4.69) is 26.5 Å². The Labute approximate surface area is 51.9 Å². The van der Waals surface area contributed by atoms with Crippen molar-refractivity contribution in [3.05, 3.63) is 24.3 Å². The molecular formula is C8H14. The Kier molecular flexibility index (Phi) is 4.33. The summed E-state index contributed by atoms with van der Waals surface area (Å²) in [5.74, 6) is 0. The second kappa shape index (κ2) is 4.63. The first-order valence-corrected chi connectivity index (χ1v) is 3.07. The lowest BCUT2D eigenvalue weighted by atomic mass is 10.2. The van der Waals surface area contributed by atoms with Crippen LogP contribution in [-0.4, -0.2) is 0 Å². The van der Waals surface area contributed by atoms with E-state index in [1.54, 1.807) is 0 Å². The monoisotopic (exact) mass is 110 g/mol. The van der Waals surface area contributed by atoms with E-state index < -0.39 is 0 Å². The molecule has 0 N–H and O–H groups in total. The second-order valence-electron chi connectivity index (χ2n) is 1.93. The van der Waals surface area contributed by atoms with Crippen molar-refractivity contribution in [3.63, 3.8) is 0 Å². The van der Waals surface area contributed by atoms with Gasteiger partial charge in [-0.2, -0.15) is 0 Å². The van der Waals surface area contributed by atoms with E-state index in [1.165, 1.54) is 5.57 Å². The number of rotatable bonds is 3. The molecule has 0 unspecified atom stereocenters. The molecule has 0 amide bonds. The van der Waals surface area contributed by atoms with Crippen molar-refractivity contribution in [3.8, 4) is 0 Å². The smallest absolute Gasteiger partial charge is 0.0169 e. The van der Waals surface area contributed by atoms with Crippen LogP contribution in [0.1, 0.15) is 26.7 Å². The summed E-state index contributed by atoms with van der Waals surface area (Å²) >= 11 is 0. The molecule has 0 aliphatic heterocycles. The van der Waals surface area contributed by atoms with Gasteiger partial charge in [-0.3, -0.25) is 0 Å². The molecule has 0 saturated carbocycles. The van der Waals surface area contributed by atoms with Crippen LogP contribution < -0.4 is 0 Å². The SMILES string of the molecule is C=CC/C=C(\C)CC. The summed E-state index contributed by atoms with van der Waals surface area (Å²) in [6.07, 6.45) is 6.29. The summed E-state index contributed by atoms with van der Waals surface area (Å²) in [6.45, 7) is 7.93. The minimum Gasteiger partial charge on any atom is -0.103 e. The van der Waals surface area contributed by atoms with Crippen LogP contribution in [-0.2, 0) is 0 Å². The molecule has 46 valence electrons. The zero-order chi connectivity index (χ0) is 6.41. The van der Waals surface area contributed by atoms with Gasteiger partial charge in [0.05, 0.1) is 0 Å². The first kappa shape index (κ1) is 7.48. The highest BCUT2D eigenvalue weighted by Gasteiger charge is 1.78. The quantitative estimate of drug-likeness (QED) is 0.490. The molecule has 0 heterocycles. The molecule has 0 fully saturated rings. The summed E-state index contributed by atoms with van der Waals surface area (Å²) in [6, 6.07) is 0. The van der Waals surface area contributed by atoms with E-state index in [0.717, 1.165) is 12.8 Å². The Hall–Kier alpha value is -0.520. The van der Waals surface area contributed by atoms with E-state index in [-0.39, 0.29) is 0 Å². The summed E-state index contributed by atoms with van der Waals surface area (Å²) in [7, 11) is 0. The molecule has 0 spiro atoms. The summed E-state index contributed by atoms with van der Waals surface area (Å²) < 4.78 is 0. The second-order valence-corrected chi connectivity index (χ2v) is 1.93. The summed E-state index contributed by atoms with van der Waals surface area (Å²) in [5, 5.41) is 0. The fourth-order valence-electron chi connectivity index (χ4n) is 0.429. The predicted molar refractivity (Wildman–Crippen MR) is 38.9 cm³/mol. The average Bonchev–Trinajstić information content (AvgIpc) is 1.83. The highest BCUT2D eigenvalue weighted by Crippen LogP contribution is 1.98. The lowest BCUT2D eigenvalue weighted by molar-refractivity contribution is 1.08. The standard InChI is InChI=1S/C8H14/c1-4-6-7-8(3)5-2/h4,7H,1,5-6H2,2-3H3/b8-7+. The first-order chi connectivity index (χ1) is 3.81. The van der Waals surface area contributed by atoms with Gasteiger partial charge in [0, 0.05) is 0 Å². The van der Waals surface area contributed by atoms with E-state index >= 15 is 0 Å². The van der Waals surface area contributed by atoms with Gasteiger partial charge in [0.2, 0.25) is 0 Å². The zero-order valence-electron chi connectivity index (χ0n) is 5.78. The molecule has 0 heteroatoms. The first-order valence-electron chi connectivity index (χ1n) is 3.07. The Bertz CT molecular complexity index is 88.2. The van der Waals surface area contributed by atoms with Gasteiger partial charge in [-0.1, -0.05) is 24.6 Å². The Morgan fingerprint density at radius 3 is 2.62 bits per heavy atom. The van der Waals surface area contributed by atoms with Crippen molar-refractivity contribution < 1.29 is 0 Å². The van der Waals surface area contributed by atoms with Gasteiger partial charge in [0.15, 0.2) is 0 Å². The molecule has 0 aromatic rings. The zero-order valence-corrected chi connectivity index (χ0v) is 5.78. The molecule has 0 bridgehead atoms. The van der Waals surface area contributed by atoms with Crippen molar-refractivity contribution in [2.45, 2.75) is 26.7 Å². The highest BCUT2D eigenvalue weighted by atomic mass is 13.8. The van der Waals surface area contributed by atoms with Crippen LogP contribution in [0.15, 0.2) is 24.3 Å². The topological polar surface area (TPSA) is 0 Å². The lowest BCUT2D eigenvalue weighted by Crippen LogP contribution is -1.68. The maximum atomic E-state index is 3.62. The van der Waals surface area contributed by atoms with Gasteiger partial charge in [-0.05, 0) is 19.8 Å². The van der Waals surface area contributed by atoms with Crippen LogP contribution in [0.4, 0.5) is 0 Å². The maximum absolute atomic E-state index is 3.62. The van der Waals surface area contributed by atoms with Crippen molar-refractivity contribution in [1.29, 1.82) is 0 Å². The van der Waals surface area contributed by atoms with Crippen molar-refractivity contribution in [2.75, 3.05) is 0 Å². The largest absolute Gasteiger partial charge is 0.103 e. The van der Waals surface area contributed by atoms with Gasteiger partial charge >= 0.3 is 0 Å². The third kappa shape index (κ3) is 3.66. The molecule has 0 rings (SSSR count). The molecule has 0 radical (unpaired) electrons. The Balaban J connectivity index is 3.40. The summed E-state index contributed by atoms with van der Waals surface area (Å²) in [5.41, 5.74) is 1.45.